The molecule has 0 radical (unpaired) electrons. The average molecular weight is 192 g/mol. The molecule has 0 saturated carbocycles. The van der Waals surface area contributed by atoms with Gasteiger partial charge >= 0.3 is 13.4 Å². The molecule has 0 aromatic heterocycles. The number of nitrogens with two attached hydrogens (primary N) is 2. The van der Waals surface area contributed by atoms with Gasteiger partial charge in [-0.2, -0.15) is 0 Å². The summed E-state index contributed by atoms with van der Waals surface area (Å²) >= 11 is -0.208. The lowest BCUT2D eigenvalue weighted by Gasteiger charge is -2.04. The first-order chi connectivity index (χ1) is 3.71. The fraction of sp³-hybridized carbons (Fsp3) is 0. The Kier molecular flexibility index (Phi) is 2.91. The minimum absolute atomic E-state index is 0.208. The fourth-order valence-electron chi connectivity index (χ4n) is 0.168. The molecule has 6 N–H and O–H groups in total. The average Bonchev–Trinajstić information content (AvgIpc) is 1.14. The second kappa shape index (κ2) is 2.72. The normalized spacial score (nSPS) is 24.4. The molecular weight excluding hydrogens is 186 g/mol. The van der Waals surface area contributed by atoms with Gasteiger partial charge in [-0.1, -0.05) is 0 Å². The van der Waals surface area contributed by atoms with Crippen LogP contribution in [-0.2, 0) is 9.13 Å². The van der Waals surface area contributed by atoms with Crippen molar-refractivity contribution in [2.24, 2.45) is 11.0 Å². The molecule has 6 nitrogen and oxygen atoms in total. The van der Waals surface area contributed by atoms with Gasteiger partial charge in [-0.25, -0.2) is 0 Å². The van der Waals surface area contributed by atoms with Gasteiger partial charge in [0.15, 0.2) is 0 Å². The van der Waals surface area contributed by atoms with Gasteiger partial charge in [-0.3, -0.25) is 20.1 Å². The van der Waals surface area contributed by atoms with E-state index in [1.54, 1.807) is 0 Å². The van der Waals surface area contributed by atoms with Crippen LogP contribution in [0.15, 0.2) is 0 Å². The SMILES string of the molecule is NP(=O)(O)SP(N)(=O)O. The lowest BCUT2D eigenvalue weighted by Crippen LogP contribution is -1.92. The second-order valence-corrected chi connectivity index (χ2v) is 8.73. The van der Waals surface area contributed by atoms with Crippen molar-refractivity contribution in [3.8, 4) is 0 Å². The molecule has 0 saturated heterocycles. The quantitative estimate of drug-likeness (QED) is 0.447. The van der Waals surface area contributed by atoms with Gasteiger partial charge in [0.05, 0.1) is 11.0 Å². The molecule has 0 bridgehead atoms. The predicted molar refractivity (Wildman–Crippen MR) is 35.6 cm³/mol. The van der Waals surface area contributed by atoms with Gasteiger partial charge in [0.2, 0.25) is 0 Å². The van der Waals surface area contributed by atoms with Crippen LogP contribution in [0, 0.1) is 0 Å². The van der Waals surface area contributed by atoms with E-state index in [-0.39, 0.29) is 11.0 Å². The van der Waals surface area contributed by atoms with Crippen LogP contribution in [0.5, 0.6) is 0 Å². The van der Waals surface area contributed by atoms with E-state index in [1.165, 1.54) is 0 Å². The van der Waals surface area contributed by atoms with Crippen LogP contribution >= 0.6 is 24.4 Å². The summed E-state index contributed by atoms with van der Waals surface area (Å²) in [5.41, 5.74) is 8.97. The van der Waals surface area contributed by atoms with Crippen LogP contribution in [0.4, 0.5) is 0 Å². The van der Waals surface area contributed by atoms with E-state index in [0.717, 1.165) is 0 Å². The van der Waals surface area contributed by atoms with Crippen molar-refractivity contribution >= 4 is 24.4 Å². The Bertz CT molecular complexity index is 157. The summed E-state index contributed by atoms with van der Waals surface area (Å²) in [7, 11) is 0. The number of rotatable bonds is 2. The van der Waals surface area contributed by atoms with Crippen molar-refractivity contribution in [2.75, 3.05) is 0 Å². The minimum atomic E-state index is -4.01. The monoisotopic (exact) mass is 192 g/mol. The first-order valence-electron chi connectivity index (χ1n) is 1.65. The molecule has 0 aromatic carbocycles. The molecule has 9 heteroatoms. The van der Waals surface area contributed by atoms with Crippen LogP contribution in [0.3, 0.4) is 0 Å². The summed E-state index contributed by atoms with van der Waals surface area (Å²) in [6.45, 7) is -8.02. The summed E-state index contributed by atoms with van der Waals surface area (Å²) in [5, 5.41) is 0. The van der Waals surface area contributed by atoms with Crippen molar-refractivity contribution in [1.29, 1.82) is 0 Å². The second-order valence-electron chi connectivity index (χ2n) is 1.21. The van der Waals surface area contributed by atoms with E-state index in [4.69, 9.17) is 9.79 Å². The Labute approximate surface area is 55.1 Å². The summed E-state index contributed by atoms with van der Waals surface area (Å²) in [4.78, 5) is 16.5. The van der Waals surface area contributed by atoms with E-state index in [2.05, 4.69) is 11.0 Å². The van der Waals surface area contributed by atoms with Crippen LogP contribution in [0.1, 0.15) is 0 Å². The molecule has 0 aliphatic carbocycles. The van der Waals surface area contributed by atoms with Crippen molar-refractivity contribution in [3.63, 3.8) is 0 Å². The maximum Gasteiger partial charge on any atom is 0.331 e. The van der Waals surface area contributed by atoms with Gasteiger partial charge in [0.1, 0.15) is 0 Å². The molecule has 0 amide bonds. The van der Waals surface area contributed by atoms with E-state index < -0.39 is 13.4 Å². The molecule has 0 rings (SSSR count). The van der Waals surface area contributed by atoms with Crippen molar-refractivity contribution in [3.05, 3.63) is 0 Å². The van der Waals surface area contributed by atoms with E-state index in [1.807, 2.05) is 0 Å². The molecule has 0 heterocycles. The number of hydrogen-bond donors (Lipinski definition) is 4. The van der Waals surface area contributed by atoms with Crippen molar-refractivity contribution in [2.45, 2.75) is 0 Å². The summed E-state index contributed by atoms with van der Waals surface area (Å²) < 4.78 is 20.2. The van der Waals surface area contributed by atoms with Gasteiger partial charge in [0.25, 0.3) is 0 Å². The largest absolute Gasteiger partial charge is 0.331 e. The third-order valence-electron chi connectivity index (χ3n) is 0.234. The molecule has 0 aromatic rings. The predicted octanol–water partition coefficient (Wildman–Crippen LogP) is -0.162. The highest BCUT2D eigenvalue weighted by molar-refractivity contribution is 8.85. The Morgan fingerprint density at radius 2 is 1.33 bits per heavy atom. The fourth-order valence-corrected chi connectivity index (χ4v) is 4.53. The number of hydrogen-bond acceptors (Lipinski definition) is 3. The Morgan fingerprint density at radius 1 is 1.11 bits per heavy atom. The smallest absolute Gasteiger partial charge is 0.325 e. The topological polar surface area (TPSA) is 127 Å². The molecule has 0 fully saturated rings. The maximum atomic E-state index is 10.1. The molecule has 56 valence electrons. The van der Waals surface area contributed by atoms with Gasteiger partial charge < -0.3 is 9.79 Å². The lowest BCUT2D eigenvalue weighted by molar-refractivity contribution is 0.495. The van der Waals surface area contributed by atoms with Crippen LogP contribution in [-0.4, -0.2) is 9.79 Å². The summed E-state index contributed by atoms with van der Waals surface area (Å²) in [6, 6.07) is 0. The lowest BCUT2D eigenvalue weighted by atomic mass is 13.9. The third-order valence-corrected chi connectivity index (χ3v) is 6.32. The molecule has 0 aliphatic rings. The Balaban J connectivity index is 4.07. The van der Waals surface area contributed by atoms with Crippen molar-refractivity contribution < 1.29 is 18.9 Å². The zero-order valence-corrected chi connectivity index (χ0v) is 6.77. The zero-order valence-electron chi connectivity index (χ0n) is 4.17. The van der Waals surface area contributed by atoms with Crippen LogP contribution in [0.2, 0.25) is 0 Å². The first kappa shape index (κ1) is 9.65. The van der Waals surface area contributed by atoms with Gasteiger partial charge in [0, 0.05) is 0 Å². The highest BCUT2D eigenvalue weighted by atomic mass is 33.1. The maximum absolute atomic E-state index is 10.1. The zero-order chi connectivity index (χ0) is 7.71. The molecule has 0 aliphatic heterocycles. The Hall–Kier alpha value is 0.650. The molecule has 9 heavy (non-hydrogen) atoms. The van der Waals surface area contributed by atoms with Gasteiger partial charge in [-0.15, -0.1) is 0 Å². The first-order valence-corrected chi connectivity index (χ1v) is 7.13. The standard InChI is InChI=1S/H6N2O4P2S/c1-7(3,4)9-8(2,5)6/h(H3,1,3,4)(H3,2,5,6). The minimum Gasteiger partial charge on any atom is -0.325 e. The van der Waals surface area contributed by atoms with Crippen LogP contribution < -0.4 is 11.0 Å². The van der Waals surface area contributed by atoms with E-state index in [9.17, 15) is 9.13 Å². The van der Waals surface area contributed by atoms with E-state index >= 15 is 0 Å². The third kappa shape index (κ3) is 8.65. The van der Waals surface area contributed by atoms with Crippen LogP contribution in [0.25, 0.3) is 0 Å². The highest BCUT2D eigenvalue weighted by Gasteiger charge is 2.24. The molecular formula is H6N2O4P2S. The molecule has 2 unspecified atom stereocenters. The van der Waals surface area contributed by atoms with Crippen molar-refractivity contribution in [1.82, 2.24) is 0 Å². The molecule has 2 atom stereocenters. The highest BCUT2D eigenvalue weighted by Crippen LogP contribution is 2.66. The summed E-state index contributed by atoms with van der Waals surface area (Å²) in [5.74, 6) is 0. The van der Waals surface area contributed by atoms with E-state index in [0.29, 0.717) is 0 Å². The Morgan fingerprint density at radius 3 is 1.33 bits per heavy atom. The molecule has 0 spiro atoms. The van der Waals surface area contributed by atoms with Gasteiger partial charge in [-0.05, 0) is 0 Å². The summed E-state index contributed by atoms with van der Waals surface area (Å²) in [6.07, 6.45) is 0.